The summed E-state index contributed by atoms with van der Waals surface area (Å²) in [6.45, 7) is 3.84. The topological polar surface area (TPSA) is 61.8 Å². The molecular formula is C13H24N2O3. The molecule has 0 aliphatic carbocycles. The predicted molar refractivity (Wildman–Crippen MR) is 68.2 cm³/mol. The first-order chi connectivity index (χ1) is 8.79. The number of rotatable bonds is 4. The molecule has 0 bridgehead atoms. The van der Waals surface area contributed by atoms with E-state index in [2.05, 4.69) is 5.32 Å². The van der Waals surface area contributed by atoms with Crippen molar-refractivity contribution in [2.45, 2.75) is 31.8 Å². The third kappa shape index (κ3) is 3.93. The average Bonchev–Trinajstić information content (AvgIpc) is 2.46. The van der Waals surface area contributed by atoms with Gasteiger partial charge in [-0.05, 0) is 44.7 Å². The number of ether oxygens (including phenoxy) is 1. The van der Waals surface area contributed by atoms with Gasteiger partial charge in [0.25, 0.3) is 0 Å². The van der Waals surface area contributed by atoms with E-state index in [1.54, 1.807) is 0 Å². The SMILES string of the molecule is O=C(COC1CCNCC1)N1CCCC(CO)C1. The van der Waals surface area contributed by atoms with E-state index in [4.69, 9.17) is 9.84 Å². The number of carbonyl (C=O) groups is 1. The Hall–Kier alpha value is -0.650. The zero-order valence-corrected chi connectivity index (χ0v) is 10.9. The molecule has 2 aliphatic rings. The third-order valence-corrected chi connectivity index (χ3v) is 3.86. The number of amides is 1. The van der Waals surface area contributed by atoms with Gasteiger partial charge in [0, 0.05) is 19.7 Å². The molecule has 5 heteroatoms. The van der Waals surface area contributed by atoms with Gasteiger partial charge < -0.3 is 20.1 Å². The number of hydrogen-bond donors (Lipinski definition) is 2. The standard InChI is InChI=1S/C13H24N2O3/c16-9-11-2-1-7-15(8-11)13(17)10-18-12-3-5-14-6-4-12/h11-12,14,16H,1-10H2. The largest absolute Gasteiger partial charge is 0.396 e. The van der Waals surface area contributed by atoms with Gasteiger partial charge >= 0.3 is 0 Å². The van der Waals surface area contributed by atoms with Crippen LogP contribution >= 0.6 is 0 Å². The summed E-state index contributed by atoms with van der Waals surface area (Å²) in [4.78, 5) is 13.8. The molecule has 104 valence electrons. The summed E-state index contributed by atoms with van der Waals surface area (Å²) in [5.41, 5.74) is 0. The molecule has 0 radical (unpaired) electrons. The highest BCUT2D eigenvalue weighted by molar-refractivity contribution is 5.77. The molecule has 18 heavy (non-hydrogen) atoms. The first-order valence-corrected chi connectivity index (χ1v) is 7.00. The van der Waals surface area contributed by atoms with E-state index in [1.807, 2.05) is 4.90 Å². The van der Waals surface area contributed by atoms with Crippen LogP contribution in [-0.4, -0.2) is 61.4 Å². The van der Waals surface area contributed by atoms with Crippen molar-refractivity contribution in [1.82, 2.24) is 10.2 Å². The van der Waals surface area contributed by atoms with Crippen molar-refractivity contribution in [2.75, 3.05) is 39.4 Å². The summed E-state index contributed by atoms with van der Waals surface area (Å²) in [6, 6.07) is 0. The van der Waals surface area contributed by atoms with Crippen molar-refractivity contribution < 1.29 is 14.6 Å². The molecule has 1 unspecified atom stereocenters. The third-order valence-electron chi connectivity index (χ3n) is 3.86. The quantitative estimate of drug-likeness (QED) is 0.742. The van der Waals surface area contributed by atoms with Crippen LogP contribution in [0, 0.1) is 5.92 Å². The van der Waals surface area contributed by atoms with E-state index in [9.17, 15) is 4.79 Å². The Labute approximate surface area is 108 Å². The molecule has 0 aromatic heterocycles. The minimum absolute atomic E-state index is 0.0756. The fraction of sp³-hybridized carbons (Fsp3) is 0.923. The highest BCUT2D eigenvalue weighted by Gasteiger charge is 2.24. The van der Waals surface area contributed by atoms with Crippen LogP contribution in [0.15, 0.2) is 0 Å². The van der Waals surface area contributed by atoms with Crippen LogP contribution in [-0.2, 0) is 9.53 Å². The molecule has 2 heterocycles. The van der Waals surface area contributed by atoms with Crippen molar-refractivity contribution in [3.8, 4) is 0 Å². The summed E-state index contributed by atoms with van der Waals surface area (Å²) < 4.78 is 5.67. The molecule has 2 aliphatic heterocycles. The molecule has 0 aromatic carbocycles. The van der Waals surface area contributed by atoms with E-state index in [0.717, 1.165) is 45.3 Å². The number of nitrogens with one attached hydrogen (secondary N) is 1. The lowest BCUT2D eigenvalue weighted by molar-refractivity contribution is -0.140. The molecule has 0 aromatic rings. The van der Waals surface area contributed by atoms with Crippen LogP contribution in [0.1, 0.15) is 25.7 Å². The van der Waals surface area contributed by atoms with Crippen LogP contribution in [0.2, 0.25) is 0 Å². The maximum Gasteiger partial charge on any atom is 0.248 e. The van der Waals surface area contributed by atoms with E-state index >= 15 is 0 Å². The second-order valence-electron chi connectivity index (χ2n) is 5.29. The fourth-order valence-electron chi connectivity index (χ4n) is 2.68. The van der Waals surface area contributed by atoms with Gasteiger partial charge in [-0.2, -0.15) is 0 Å². The fourth-order valence-corrected chi connectivity index (χ4v) is 2.68. The number of hydrogen-bond acceptors (Lipinski definition) is 4. The number of aliphatic hydroxyl groups is 1. The summed E-state index contributed by atoms with van der Waals surface area (Å²) in [6.07, 6.45) is 4.23. The lowest BCUT2D eigenvalue weighted by Crippen LogP contribution is -2.43. The maximum absolute atomic E-state index is 12.0. The van der Waals surface area contributed by atoms with Gasteiger partial charge in [-0.3, -0.25) is 4.79 Å². The summed E-state index contributed by atoms with van der Waals surface area (Å²) in [7, 11) is 0. The Balaban J connectivity index is 1.70. The zero-order valence-electron chi connectivity index (χ0n) is 10.9. The van der Waals surface area contributed by atoms with Gasteiger partial charge in [-0.15, -0.1) is 0 Å². The Kier molecular flexibility index (Phi) is 5.41. The zero-order chi connectivity index (χ0) is 12.8. The van der Waals surface area contributed by atoms with Gasteiger partial charge in [-0.25, -0.2) is 0 Å². The summed E-state index contributed by atoms with van der Waals surface area (Å²) in [5, 5.41) is 12.4. The molecule has 1 atom stereocenters. The normalized spacial score (nSPS) is 26.3. The Morgan fingerprint density at radius 2 is 2.11 bits per heavy atom. The van der Waals surface area contributed by atoms with Gasteiger partial charge in [0.15, 0.2) is 0 Å². The first kappa shape index (κ1) is 13.8. The second-order valence-corrected chi connectivity index (χ2v) is 5.29. The highest BCUT2D eigenvalue weighted by Crippen LogP contribution is 2.16. The Bertz CT molecular complexity index is 267. The van der Waals surface area contributed by atoms with Crippen LogP contribution in [0.5, 0.6) is 0 Å². The van der Waals surface area contributed by atoms with Crippen molar-refractivity contribution in [2.24, 2.45) is 5.92 Å². The molecule has 2 N–H and O–H groups in total. The molecule has 5 nitrogen and oxygen atoms in total. The Morgan fingerprint density at radius 1 is 1.33 bits per heavy atom. The lowest BCUT2D eigenvalue weighted by atomic mass is 9.99. The van der Waals surface area contributed by atoms with Crippen molar-refractivity contribution in [1.29, 1.82) is 0 Å². The maximum atomic E-state index is 12.0. The van der Waals surface area contributed by atoms with Gasteiger partial charge in [0.2, 0.25) is 5.91 Å². The van der Waals surface area contributed by atoms with Crippen molar-refractivity contribution in [3.63, 3.8) is 0 Å². The molecule has 2 fully saturated rings. The van der Waals surface area contributed by atoms with E-state index in [0.29, 0.717) is 6.54 Å². The predicted octanol–water partition coefficient (Wildman–Crippen LogP) is -0.0141. The number of piperidine rings is 2. The number of aliphatic hydroxyl groups excluding tert-OH is 1. The summed E-state index contributed by atoms with van der Waals surface area (Å²) in [5.74, 6) is 0.327. The van der Waals surface area contributed by atoms with Crippen molar-refractivity contribution >= 4 is 5.91 Å². The molecule has 1 amide bonds. The molecule has 0 saturated carbocycles. The highest BCUT2D eigenvalue weighted by atomic mass is 16.5. The second kappa shape index (κ2) is 7.07. The molecule has 2 rings (SSSR count). The molecular weight excluding hydrogens is 232 g/mol. The van der Waals surface area contributed by atoms with E-state index < -0.39 is 0 Å². The Morgan fingerprint density at radius 3 is 2.83 bits per heavy atom. The number of nitrogens with zero attached hydrogens (tertiary/aromatic N) is 1. The minimum Gasteiger partial charge on any atom is -0.396 e. The van der Waals surface area contributed by atoms with Gasteiger partial charge in [0.05, 0.1) is 6.10 Å². The van der Waals surface area contributed by atoms with Crippen molar-refractivity contribution in [3.05, 3.63) is 0 Å². The number of carbonyl (C=O) groups excluding carboxylic acids is 1. The smallest absolute Gasteiger partial charge is 0.248 e. The molecule has 2 saturated heterocycles. The van der Waals surface area contributed by atoms with Crippen LogP contribution < -0.4 is 5.32 Å². The lowest BCUT2D eigenvalue weighted by Gasteiger charge is -2.32. The number of likely N-dealkylation sites (tertiary alicyclic amines) is 1. The minimum atomic E-state index is 0.0756. The molecule has 0 spiro atoms. The van der Waals surface area contributed by atoms with Gasteiger partial charge in [-0.1, -0.05) is 0 Å². The average molecular weight is 256 g/mol. The van der Waals surface area contributed by atoms with Crippen LogP contribution in [0.4, 0.5) is 0 Å². The van der Waals surface area contributed by atoms with E-state index in [-0.39, 0.29) is 31.1 Å². The monoisotopic (exact) mass is 256 g/mol. The summed E-state index contributed by atoms with van der Waals surface area (Å²) >= 11 is 0. The first-order valence-electron chi connectivity index (χ1n) is 7.00. The van der Waals surface area contributed by atoms with Gasteiger partial charge in [0.1, 0.15) is 6.61 Å². The van der Waals surface area contributed by atoms with Crippen LogP contribution in [0.25, 0.3) is 0 Å². The van der Waals surface area contributed by atoms with E-state index in [1.165, 1.54) is 0 Å². The van der Waals surface area contributed by atoms with Crippen LogP contribution in [0.3, 0.4) is 0 Å².